The molecule has 24 heavy (non-hydrogen) atoms. The van der Waals surface area contributed by atoms with Crippen LogP contribution in [0.2, 0.25) is 0 Å². The van der Waals surface area contributed by atoms with Crippen molar-refractivity contribution in [2.24, 2.45) is 0 Å². The largest absolute Gasteiger partial charge is 0.497 e. The quantitative estimate of drug-likeness (QED) is 0.664. The maximum absolute atomic E-state index is 5.68. The van der Waals surface area contributed by atoms with E-state index >= 15 is 0 Å². The van der Waals surface area contributed by atoms with Gasteiger partial charge in [0.25, 0.3) is 0 Å². The van der Waals surface area contributed by atoms with Crippen LogP contribution in [0.25, 0.3) is 11.1 Å². The Morgan fingerprint density at radius 1 is 0.833 bits per heavy atom. The molecule has 1 atom stereocenters. The number of hydrogen-bond acceptors (Lipinski definition) is 2. The van der Waals surface area contributed by atoms with E-state index in [-0.39, 0.29) is 0 Å². The SMILES string of the molecule is COc1cc2c(c(OC)c1)-c1ccccc1[P@](c1ccccc1)C2. The Balaban J connectivity index is 1.95. The van der Waals surface area contributed by atoms with Crippen molar-refractivity contribution in [3.63, 3.8) is 0 Å². The van der Waals surface area contributed by atoms with Gasteiger partial charge in [-0.15, -0.1) is 0 Å². The van der Waals surface area contributed by atoms with Crippen LogP contribution in [-0.2, 0) is 6.16 Å². The van der Waals surface area contributed by atoms with E-state index in [0.29, 0.717) is 0 Å². The molecule has 0 saturated carbocycles. The zero-order chi connectivity index (χ0) is 16.5. The Kier molecular flexibility index (Phi) is 4.00. The summed E-state index contributed by atoms with van der Waals surface area (Å²) < 4.78 is 11.2. The Morgan fingerprint density at radius 2 is 1.58 bits per heavy atom. The summed E-state index contributed by atoms with van der Waals surface area (Å²) in [6.07, 6.45) is 1.01. The number of rotatable bonds is 3. The van der Waals surface area contributed by atoms with E-state index in [1.165, 1.54) is 27.3 Å². The minimum atomic E-state index is -0.415. The summed E-state index contributed by atoms with van der Waals surface area (Å²) in [5, 5.41) is 2.84. The van der Waals surface area contributed by atoms with Gasteiger partial charge in [0.1, 0.15) is 11.5 Å². The van der Waals surface area contributed by atoms with E-state index in [4.69, 9.17) is 9.47 Å². The molecular weight excluding hydrogens is 315 g/mol. The van der Waals surface area contributed by atoms with Crippen molar-refractivity contribution in [2.45, 2.75) is 6.16 Å². The minimum absolute atomic E-state index is 0.415. The van der Waals surface area contributed by atoms with Gasteiger partial charge in [-0.1, -0.05) is 54.6 Å². The van der Waals surface area contributed by atoms with Gasteiger partial charge in [-0.05, 0) is 35.7 Å². The lowest BCUT2D eigenvalue weighted by Crippen LogP contribution is -2.20. The average molecular weight is 334 g/mol. The highest BCUT2D eigenvalue weighted by Gasteiger charge is 2.28. The third-order valence-corrected chi connectivity index (χ3v) is 7.02. The first kappa shape index (κ1) is 15.2. The molecule has 0 aromatic heterocycles. The molecule has 1 aliphatic heterocycles. The molecule has 3 aromatic carbocycles. The summed E-state index contributed by atoms with van der Waals surface area (Å²) in [7, 11) is 3.02. The minimum Gasteiger partial charge on any atom is -0.497 e. The van der Waals surface area contributed by atoms with Crippen molar-refractivity contribution in [3.05, 3.63) is 72.3 Å². The van der Waals surface area contributed by atoms with E-state index < -0.39 is 7.92 Å². The smallest absolute Gasteiger partial charge is 0.130 e. The fraction of sp³-hybridized carbons (Fsp3) is 0.143. The van der Waals surface area contributed by atoms with Crippen molar-refractivity contribution < 1.29 is 9.47 Å². The maximum atomic E-state index is 5.68. The fourth-order valence-electron chi connectivity index (χ4n) is 3.37. The second kappa shape index (κ2) is 6.30. The second-order valence-electron chi connectivity index (χ2n) is 5.80. The average Bonchev–Trinajstić information content (AvgIpc) is 2.66. The molecule has 120 valence electrons. The maximum Gasteiger partial charge on any atom is 0.130 e. The Hall–Kier alpha value is -2.31. The van der Waals surface area contributed by atoms with Gasteiger partial charge in [0.05, 0.1) is 14.2 Å². The van der Waals surface area contributed by atoms with Gasteiger partial charge in [0, 0.05) is 17.8 Å². The standard InChI is InChI=1S/C21H19O2P/c1-22-16-12-15-14-24(17-8-4-3-5-9-17)20-11-7-6-10-18(20)21(15)19(13-16)23-2/h3-13H,14H2,1-2H3/t24-/m0/s1. The summed E-state index contributed by atoms with van der Waals surface area (Å²) in [6.45, 7) is 0. The van der Waals surface area contributed by atoms with E-state index in [2.05, 4.69) is 60.7 Å². The molecule has 0 spiro atoms. The summed E-state index contributed by atoms with van der Waals surface area (Å²) in [6, 6.07) is 23.7. The molecule has 0 saturated heterocycles. The molecule has 4 rings (SSSR count). The number of benzene rings is 3. The monoisotopic (exact) mass is 334 g/mol. The molecule has 1 heterocycles. The van der Waals surface area contributed by atoms with Gasteiger partial charge in [-0.3, -0.25) is 0 Å². The Morgan fingerprint density at radius 3 is 2.33 bits per heavy atom. The van der Waals surface area contributed by atoms with Crippen LogP contribution in [0, 0.1) is 0 Å². The molecule has 1 aliphatic rings. The summed E-state index contributed by atoms with van der Waals surface area (Å²) >= 11 is 0. The molecule has 0 radical (unpaired) electrons. The van der Waals surface area contributed by atoms with Crippen LogP contribution in [0.1, 0.15) is 5.56 Å². The molecule has 0 unspecified atom stereocenters. The first-order chi connectivity index (χ1) is 11.8. The lowest BCUT2D eigenvalue weighted by atomic mass is 9.98. The van der Waals surface area contributed by atoms with Crippen molar-refractivity contribution in [3.8, 4) is 22.6 Å². The Labute approximate surface area is 143 Å². The molecule has 3 heteroatoms. The van der Waals surface area contributed by atoms with Crippen LogP contribution in [0.5, 0.6) is 11.5 Å². The van der Waals surface area contributed by atoms with Crippen LogP contribution < -0.4 is 20.1 Å². The van der Waals surface area contributed by atoms with Gasteiger partial charge in [0.15, 0.2) is 0 Å². The predicted molar refractivity (Wildman–Crippen MR) is 101 cm³/mol. The third kappa shape index (κ3) is 2.48. The van der Waals surface area contributed by atoms with Gasteiger partial charge < -0.3 is 9.47 Å². The first-order valence-corrected chi connectivity index (χ1v) is 9.51. The topological polar surface area (TPSA) is 18.5 Å². The summed E-state index contributed by atoms with van der Waals surface area (Å²) in [4.78, 5) is 0. The normalized spacial score (nSPS) is 15.3. The predicted octanol–water partition coefficient (Wildman–Crippen LogP) is 4.32. The Bertz CT molecular complexity index is 874. The van der Waals surface area contributed by atoms with Gasteiger partial charge in [0.2, 0.25) is 0 Å². The van der Waals surface area contributed by atoms with Crippen molar-refractivity contribution >= 4 is 18.5 Å². The second-order valence-corrected chi connectivity index (χ2v) is 7.97. The lowest BCUT2D eigenvalue weighted by Gasteiger charge is -2.30. The zero-order valence-corrected chi connectivity index (χ0v) is 14.7. The molecule has 0 aliphatic carbocycles. The van der Waals surface area contributed by atoms with Crippen LogP contribution >= 0.6 is 7.92 Å². The number of ether oxygens (including phenoxy) is 2. The van der Waals surface area contributed by atoms with Crippen molar-refractivity contribution in [2.75, 3.05) is 14.2 Å². The number of fused-ring (bicyclic) bond motifs is 3. The first-order valence-electron chi connectivity index (χ1n) is 7.98. The van der Waals surface area contributed by atoms with Crippen molar-refractivity contribution in [1.82, 2.24) is 0 Å². The number of methoxy groups -OCH3 is 2. The third-order valence-electron chi connectivity index (χ3n) is 4.47. The van der Waals surface area contributed by atoms with E-state index in [1.807, 2.05) is 6.07 Å². The fourth-order valence-corrected chi connectivity index (χ4v) is 5.87. The molecule has 2 nitrogen and oxygen atoms in total. The summed E-state index contributed by atoms with van der Waals surface area (Å²) in [5.41, 5.74) is 3.80. The molecule has 0 fully saturated rings. The molecule has 3 aromatic rings. The van der Waals surface area contributed by atoms with Crippen LogP contribution in [0.3, 0.4) is 0 Å². The molecule has 0 bridgehead atoms. The van der Waals surface area contributed by atoms with E-state index in [0.717, 1.165) is 17.7 Å². The zero-order valence-electron chi connectivity index (χ0n) is 13.8. The van der Waals surface area contributed by atoms with Gasteiger partial charge >= 0.3 is 0 Å². The van der Waals surface area contributed by atoms with Crippen LogP contribution in [0.15, 0.2) is 66.7 Å². The highest BCUT2D eigenvalue weighted by molar-refractivity contribution is 7.72. The molecule has 0 N–H and O–H groups in total. The van der Waals surface area contributed by atoms with E-state index in [9.17, 15) is 0 Å². The van der Waals surface area contributed by atoms with Crippen LogP contribution in [-0.4, -0.2) is 14.2 Å². The summed E-state index contributed by atoms with van der Waals surface area (Å²) in [5.74, 6) is 1.74. The van der Waals surface area contributed by atoms with Gasteiger partial charge in [-0.25, -0.2) is 0 Å². The van der Waals surface area contributed by atoms with Crippen molar-refractivity contribution in [1.29, 1.82) is 0 Å². The van der Waals surface area contributed by atoms with Gasteiger partial charge in [-0.2, -0.15) is 0 Å². The van der Waals surface area contributed by atoms with Crippen LogP contribution in [0.4, 0.5) is 0 Å². The molecule has 0 amide bonds. The highest BCUT2D eigenvalue weighted by Crippen LogP contribution is 2.51. The lowest BCUT2D eigenvalue weighted by molar-refractivity contribution is 0.395. The van der Waals surface area contributed by atoms with E-state index in [1.54, 1.807) is 14.2 Å². The molecular formula is C21H19O2P. The highest BCUT2D eigenvalue weighted by atomic mass is 31.1. The number of hydrogen-bond donors (Lipinski definition) is 0.